The molecule has 2 nitrogen and oxygen atoms in total. The molecule has 0 spiro atoms. The van der Waals surface area contributed by atoms with E-state index in [0.717, 1.165) is 26.1 Å². The minimum atomic E-state index is -3.25. The van der Waals surface area contributed by atoms with Gasteiger partial charge in [-0.1, -0.05) is 0 Å². The number of rotatable bonds is 10. The molecule has 0 aromatic heterocycles. The van der Waals surface area contributed by atoms with E-state index in [1.54, 1.807) is 0 Å². The van der Waals surface area contributed by atoms with Crippen LogP contribution in [0.15, 0.2) is 48.6 Å². The summed E-state index contributed by atoms with van der Waals surface area (Å²) in [5.41, 5.74) is 0. The number of unbranched alkanes of at least 4 members (excludes halogenated alkanes) is 2. The van der Waals surface area contributed by atoms with Gasteiger partial charge in [0, 0.05) is 0 Å². The van der Waals surface area contributed by atoms with Gasteiger partial charge < -0.3 is 0 Å². The van der Waals surface area contributed by atoms with Crippen molar-refractivity contribution in [2.24, 2.45) is 0 Å². The zero-order chi connectivity index (χ0) is 15.0. The van der Waals surface area contributed by atoms with Gasteiger partial charge in [-0.3, -0.25) is 0 Å². The molecular weight excluding hydrogens is 367 g/mol. The summed E-state index contributed by atoms with van der Waals surface area (Å²) in [6, 6.07) is 0. The van der Waals surface area contributed by atoms with Crippen LogP contribution in [0.5, 0.6) is 0 Å². The Morgan fingerprint density at radius 2 is 1.10 bits per heavy atom. The molecule has 2 aliphatic rings. The Labute approximate surface area is 134 Å². The molecule has 3 heteroatoms. The number of allylic oxidation sites excluding steroid dienone is 8. The Morgan fingerprint density at radius 1 is 0.714 bits per heavy atom. The average molecular weight is 395 g/mol. The molecule has 0 N–H and O–H groups in total. The molecule has 0 aromatic carbocycles. The predicted octanol–water partition coefficient (Wildman–Crippen LogP) is 5.05. The van der Waals surface area contributed by atoms with E-state index < -0.39 is 19.2 Å². The first kappa shape index (κ1) is 17.0. The van der Waals surface area contributed by atoms with Gasteiger partial charge in [-0.05, 0) is 0 Å². The molecule has 0 bridgehead atoms. The van der Waals surface area contributed by atoms with Crippen molar-refractivity contribution in [1.82, 2.24) is 0 Å². The Balaban J connectivity index is 2.17. The van der Waals surface area contributed by atoms with E-state index in [1.165, 1.54) is 12.8 Å². The molecule has 0 radical (unpaired) electrons. The van der Waals surface area contributed by atoms with Crippen molar-refractivity contribution in [3.63, 3.8) is 0 Å². The summed E-state index contributed by atoms with van der Waals surface area (Å²) in [5, 5.41) is 0. The average Bonchev–Trinajstić information content (AvgIpc) is 3.19. The first-order valence-corrected chi connectivity index (χ1v) is 13.9. The monoisotopic (exact) mass is 396 g/mol. The van der Waals surface area contributed by atoms with E-state index in [4.69, 9.17) is 6.15 Å². The van der Waals surface area contributed by atoms with Crippen LogP contribution < -0.4 is 0 Å². The zero-order valence-corrected chi connectivity index (χ0v) is 16.2. The van der Waals surface area contributed by atoms with Crippen molar-refractivity contribution < 1.29 is 6.15 Å². The van der Waals surface area contributed by atoms with Crippen LogP contribution in [0.25, 0.3) is 0 Å². The summed E-state index contributed by atoms with van der Waals surface area (Å²) < 4.78 is 13.9. The molecule has 0 unspecified atom stereocenters. The molecule has 0 saturated heterocycles. The SMILES string of the molecule is CCCC[O][Sn]([O]CCCC)([CH]1C=CC=C1)[CH]1C=CC=C1. The van der Waals surface area contributed by atoms with Crippen LogP contribution >= 0.6 is 0 Å². The molecule has 2 rings (SSSR count). The summed E-state index contributed by atoms with van der Waals surface area (Å²) in [7, 11) is 0. The summed E-state index contributed by atoms with van der Waals surface area (Å²) in [6.45, 7) is 6.11. The van der Waals surface area contributed by atoms with E-state index in [1.807, 2.05) is 0 Å². The fourth-order valence-corrected chi connectivity index (χ4v) is 13.5. The molecule has 0 amide bonds. The van der Waals surface area contributed by atoms with E-state index >= 15 is 0 Å². The molecule has 0 aliphatic heterocycles. The third-order valence-corrected chi connectivity index (χ3v) is 15.3. The van der Waals surface area contributed by atoms with Crippen molar-refractivity contribution in [3.8, 4) is 0 Å². The fraction of sp³-hybridized carbons (Fsp3) is 0.556. The quantitative estimate of drug-likeness (QED) is 0.381. The molecule has 21 heavy (non-hydrogen) atoms. The molecule has 0 saturated carbocycles. The maximum absolute atomic E-state index is 6.57. The molecule has 0 atom stereocenters. The Kier molecular flexibility index (Phi) is 7.27. The van der Waals surface area contributed by atoms with Crippen molar-refractivity contribution in [2.75, 3.05) is 13.2 Å². The zero-order valence-electron chi connectivity index (χ0n) is 13.3. The fourth-order valence-electron chi connectivity index (χ4n) is 2.80. The second-order valence-electron chi connectivity index (χ2n) is 5.72. The maximum atomic E-state index is 6.57. The summed E-state index contributed by atoms with van der Waals surface area (Å²) in [6.07, 6.45) is 22.3. The van der Waals surface area contributed by atoms with E-state index in [0.29, 0.717) is 7.87 Å². The second-order valence-corrected chi connectivity index (χ2v) is 15.3. The molecule has 116 valence electrons. The van der Waals surface area contributed by atoms with Crippen molar-refractivity contribution in [3.05, 3.63) is 48.6 Å². The van der Waals surface area contributed by atoms with Gasteiger partial charge in [0.25, 0.3) is 0 Å². The molecule has 0 heterocycles. The Hall–Kier alpha value is -0.321. The van der Waals surface area contributed by atoms with Crippen molar-refractivity contribution in [2.45, 2.75) is 47.4 Å². The predicted molar refractivity (Wildman–Crippen MR) is 91.5 cm³/mol. The van der Waals surface area contributed by atoms with Crippen LogP contribution in [-0.2, 0) is 6.15 Å². The second kappa shape index (κ2) is 8.96. The summed E-state index contributed by atoms with van der Waals surface area (Å²) >= 11 is -3.25. The van der Waals surface area contributed by atoms with Crippen LogP contribution in [-0.4, -0.2) is 32.4 Å². The first-order chi connectivity index (χ1) is 10.3. The molecular formula is C18H28O2Sn. The van der Waals surface area contributed by atoms with E-state index in [2.05, 4.69) is 62.5 Å². The van der Waals surface area contributed by atoms with Gasteiger partial charge in [-0.15, -0.1) is 0 Å². The van der Waals surface area contributed by atoms with Crippen LogP contribution in [0.3, 0.4) is 0 Å². The molecule has 0 fully saturated rings. The Morgan fingerprint density at radius 3 is 1.43 bits per heavy atom. The summed E-state index contributed by atoms with van der Waals surface area (Å²) in [5.74, 6) is 0. The standard InChI is InChI=1S/2C5H5.2C4H9O.Sn/c2*1-2-4-5-3-1;2*1-2-3-4-5;/h2*1-5H;2*2-4H2,1H3;/q;;2*-1;+2. The Bertz CT molecular complexity index is 359. The third kappa shape index (κ3) is 4.33. The minimum absolute atomic E-state index is 0.394. The third-order valence-electron chi connectivity index (χ3n) is 4.08. The molecule has 0 aromatic rings. The van der Waals surface area contributed by atoms with E-state index in [9.17, 15) is 0 Å². The van der Waals surface area contributed by atoms with Crippen LogP contribution in [0.4, 0.5) is 0 Å². The topological polar surface area (TPSA) is 18.5 Å². The van der Waals surface area contributed by atoms with E-state index in [-0.39, 0.29) is 0 Å². The van der Waals surface area contributed by atoms with Crippen molar-refractivity contribution >= 4 is 19.2 Å². The van der Waals surface area contributed by atoms with Gasteiger partial charge in [-0.2, -0.15) is 0 Å². The van der Waals surface area contributed by atoms with Gasteiger partial charge in [0.2, 0.25) is 0 Å². The summed E-state index contributed by atoms with van der Waals surface area (Å²) in [4.78, 5) is 0. The normalized spacial score (nSPS) is 18.4. The van der Waals surface area contributed by atoms with Gasteiger partial charge >= 0.3 is 135 Å². The van der Waals surface area contributed by atoms with Gasteiger partial charge in [0.15, 0.2) is 0 Å². The van der Waals surface area contributed by atoms with Crippen LogP contribution in [0.2, 0.25) is 7.87 Å². The van der Waals surface area contributed by atoms with Crippen molar-refractivity contribution in [1.29, 1.82) is 0 Å². The first-order valence-electron chi connectivity index (χ1n) is 8.31. The van der Waals surface area contributed by atoms with Crippen LogP contribution in [0, 0.1) is 0 Å². The van der Waals surface area contributed by atoms with Gasteiger partial charge in [0.05, 0.1) is 0 Å². The van der Waals surface area contributed by atoms with Gasteiger partial charge in [-0.25, -0.2) is 0 Å². The number of hydrogen-bond donors (Lipinski definition) is 0. The molecule has 2 aliphatic carbocycles. The van der Waals surface area contributed by atoms with Gasteiger partial charge in [0.1, 0.15) is 0 Å². The number of hydrogen-bond acceptors (Lipinski definition) is 2. The van der Waals surface area contributed by atoms with Crippen LogP contribution in [0.1, 0.15) is 39.5 Å².